The highest BCUT2D eigenvalue weighted by Gasteiger charge is 2.19. The molecule has 1 N–H and O–H groups in total. The van der Waals surface area contributed by atoms with Crippen molar-refractivity contribution in [2.45, 2.75) is 32.7 Å². The van der Waals surface area contributed by atoms with Gasteiger partial charge < -0.3 is 10.2 Å². The number of hydrogen-bond donors (Lipinski definition) is 1. The number of nitrogens with zero attached hydrogens (tertiary/aromatic N) is 1. The first kappa shape index (κ1) is 17.2. The van der Waals surface area contributed by atoms with E-state index in [4.69, 9.17) is 0 Å². The number of piperidine rings is 1. The minimum atomic E-state index is -0.156. The van der Waals surface area contributed by atoms with E-state index >= 15 is 0 Å². The molecule has 1 aliphatic heterocycles. The molecule has 130 valence electrons. The molecule has 1 aliphatic rings. The van der Waals surface area contributed by atoms with Gasteiger partial charge in [-0.2, -0.15) is 0 Å². The Balaban J connectivity index is 1.67. The lowest BCUT2D eigenvalue weighted by Gasteiger charge is -2.26. The topological polar surface area (TPSA) is 49.4 Å². The fraction of sp³-hybridized carbons (Fsp3) is 0.333. The molecule has 0 unspecified atom stereocenters. The third kappa shape index (κ3) is 4.27. The van der Waals surface area contributed by atoms with Crippen LogP contribution in [0.4, 0.5) is 0 Å². The zero-order valence-electron chi connectivity index (χ0n) is 14.6. The van der Waals surface area contributed by atoms with Gasteiger partial charge in [0.25, 0.3) is 11.8 Å². The standard InChI is InChI=1S/C21H24N2O2/c1-16-8-3-4-9-19(16)15-22-20(24)17-10-7-11-18(14-17)21(25)23-12-5-2-6-13-23/h3-4,7-11,14H,2,5-6,12-13,15H2,1H3,(H,22,24). The molecule has 1 fully saturated rings. The van der Waals surface area contributed by atoms with E-state index in [0.717, 1.165) is 37.1 Å². The largest absolute Gasteiger partial charge is 0.348 e. The van der Waals surface area contributed by atoms with Gasteiger partial charge in [-0.05, 0) is 55.5 Å². The molecule has 4 heteroatoms. The maximum Gasteiger partial charge on any atom is 0.253 e. The number of hydrogen-bond acceptors (Lipinski definition) is 2. The number of carbonyl (C=O) groups is 2. The Morgan fingerprint density at radius 1 is 0.960 bits per heavy atom. The Labute approximate surface area is 148 Å². The fourth-order valence-corrected chi connectivity index (χ4v) is 3.16. The van der Waals surface area contributed by atoms with Crippen LogP contribution in [0, 0.1) is 6.92 Å². The first-order valence-electron chi connectivity index (χ1n) is 8.87. The third-order valence-electron chi connectivity index (χ3n) is 4.72. The third-order valence-corrected chi connectivity index (χ3v) is 4.72. The van der Waals surface area contributed by atoms with E-state index in [1.807, 2.05) is 36.1 Å². The lowest BCUT2D eigenvalue weighted by molar-refractivity contribution is 0.0724. The SMILES string of the molecule is Cc1ccccc1CNC(=O)c1cccc(C(=O)N2CCCCC2)c1. The van der Waals surface area contributed by atoms with Gasteiger partial charge in [0.15, 0.2) is 0 Å². The van der Waals surface area contributed by atoms with Crippen LogP contribution in [0.1, 0.15) is 51.1 Å². The summed E-state index contributed by atoms with van der Waals surface area (Å²) in [4.78, 5) is 26.9. The highest BCUT2D eigenvalue weighted by Crippen LogP contribution is 2.14. The summed E-state index contributed by atoms with van der Waals surface area (Å²) >= 11 is 0. The van der Waals surface area contributed by atoms with Crippen LogP contribution in [0.2, 0.25) is 0 Å². The first-order chi connectivity index (χ1) is 12.1. The molecular formula is C21H24N2O2. The molecule has 0 radical (unpaired) electrons. The van der Waals surface area contributed by atoms with Crippen molar-refractivity contribution in [3.8, 4) is 0 Å². The van der Waals surface area contributed by atoms with Crippen LogP contribution in [-0.4, -0.2) is 29.8 Å². The molecule has 2 aromatic rings. The number of aryl methyl sites for hydroxylation is 1. The van der Waals surface area contributed by atoms with Crippen LogP contribution in [0.3, 0.4) is 0 Å². The Morgan fingerprint density at radius 2 is 1.68 bits per heavy atom. The molecule has 1 heterocycles. The second-order valence-corrected chi connectivity index (χ2v) is 6.54. The lowest BCUT2D eigenvalue weighted by Crippen LogP contribution is -2.35. The van der Waals surface area contributed by atoms with E-state index in [1.54, 1.807) is 24.3 Å². The molecule has 4 nitrogen and oxygen atoms in total. The van der Waals surface area contributed by atoms with Crippen LogP contribution in [0.5, 0.6) is 0 Å². The number of likely N-dealkylation sites (tertiary alicyclic amines) is 1. The molecule has 2 amide bonds. The molecule has 0 saturated carbocycles. The van der Waals surface area contributed by atoms with Crippen molar-refractivity contribution in [1.29, 1.82) is 0 Å². The summed E-state index contributed by atoms with van der Waals surface area (Å²) in [7, 11) is 0. The van der Waals surface area contributed by atoms with Gasteiger partial charge in [-0.1, -0.05) is 30.3 Å². The first-order valence-corrected chi connectivity index (χ1v) is 8.87. The van der Waals surface area contributed by atoms with Gasteiger partial charge in [0, 0.05) is 30.8 Å². The van der Waals surface area contributed by atoms with Gasteiger partial charge in [0.1, 0.15) is 0 Å². The van der Waals surface area contributed by atoms with Gasteiger partial charge >= 0.3 is 0 Å². The minimum Gasteiger partial charge on any atom is -0.348 e. The van der Waals surface area contributed by atoms with E-state index in [2.05, 4.69) is 5.32 Å². The van der Waals surface area contributed by atoms with Crippen molar-refractivity contribution in [2.24, 2.45) is 0 Å². The van der Waals surface area contributed by atoms with E-state index < -0.39 is 0 Å². The summed E-state index contributed by atoms with van der Waals surface area (Å²) in [6.45, 7) is 4.13. The smallest absolute Gasteiger partial charge is 0.253 e. The predicted octanol–water partition coefficient (Wildman–Crippen LogP) is 3.55. The Morgan fingerprint density at radius 3 is 2.44 bits per heavy atom. The quantitative estimate of drug-likeness (QED) is 0.928. The molecule has 1 saturated heterocycles. The Kier molecular flexibility index (Phi) is 5.49. The van der Waals surface area contributed by atoms with Crippen LogP contribution in [-0.2, 0) is 6.54 Å². The van der Waals surface area contributed by atoms with Crippen molar-refractivity contribution in [3.63, 3.8) is 0 Å². The van der Waals surface area contributed by atoms with Gasteiger partial charge in [-0.3, -0.25) is 9.59 Å². The number of rotatable bonds is 4. The van der Waals surface area contributed by atoms with Gasteiger partial charge in [0.2, 0.25) is 0 Å². The minimum absolute atomic E-state index is 0.0215. The van der Waals surface area contributed by atoms with Crippen molar-refractivity contribution >= 4 is 11.8 Å². The van der Waals surface area contributed by atoms with Crippen LogP contribution in [0.25, 0.3) is 0 Å². The average Bonchev–Trinajstić information content (AvgIpc) is 2.67. The molecule has 0 spiro atoms. The lowest BCUT2D eigenvalue weighted by atomic mass is 10.1. The Bertz CT molecular complexity index is 764. The maximum atomic E-state index is 12.6. The van der Waals surface area contributed by atoms with E-state index in [9.17, 15) is 9.59 Å². The fourth-order valence-electron chi connectivity index (χ4n) is 3.16. The summed E-state index contributed by atoms with van der Waals surface area (Å²) in [6.07, 6.45) is 3.30. The summed E-state index contributed by atoms with van der Waals surface area (Å²) in [5.74, 6) is -0.134. The summed E-state index contributed by atoms with van der Waals surface area (Å²) < 4.78 is 0. The molecule has 2 aromatic carbocycles. The number of benzene rings is 2. The van der Waals surface area contributed by atoms with Gasteiger partial charge in [-0.25, -0.2) is 0 Å². The molecule has 0 bridgehead atoms. The van der Waals surface area contributed by atoms with E-state index in [0.29, 0.717) is 17.7 Å². The van der Waals surface area contributed by atoms with Crippen molar-refractivity contribution in [2.75, 3.05) is 13.1 Å². The normalized spacial score (nSPS) is 14.2. The average molecular weight is 336 g/mol. The molecule has 0 aliphatic carbocycles. The monoisotopic (exact) mass is 336 g/mol. The molecule has 3 rings (SSSR count). The van der Waals surface area contributed by atoms with E-state index in [1.165, 1.54) is 6.42 Å². The summed E-state index contributed by atoms with van der Waals surface area (Å²) in [6, 6.07) is 15.0. The van der Waals surface area contributed by atoms with Crippen molar-refractivity contribution in [3.05, 3.63) is 70.8 Å². The van der Waals surface area contributed by atoms with Gasteiger partial charge in [0.05, 0.1) is 0 Å². The van der Waals surface area contributed by atoms with Gasteiger partial charge in [-0.15, -0.1) is 0 Å². The summed E-state index contributed by atoms with van der Waals surface area (Å²) in [5.41, 5.74) is 3.36. The second-order valence-electron chi connectivity index (χ2n) is 6.54. The van der Waals surface area contributed by atoms with E-state index in [-0.39, 0.29) is 11.8 Å². The highest BCUT2D eigenvalue weighted by molar-refractivity contribution is 5.99. The second kappa shape index (κ2) is 7.97. The molecule has 25 heavy (non-hydrogen) atoms. The van der Waals surface area contributed by atoms with Crippen LogP contribution < -0.4 is 5.32 Å². The highest BCUT2D eigenvalue weighted by atomic mass is 16.2. The number of carbonyl (C=O) groups excluding carboxylic acids is 2. The number of amides is 2. The Hall–Kier alpha value is -2.62. The van der Waals surface area contributed by atoms with Crippen LogP contribution in [0.15, 0.2) is 48.5 Å². The zero-order chi connectivity index (χ0) is 17.6. The van der Waals surface area contributed by atoms with Crippen molar-refractivity contribution in [1.82, 2.24) is 10.2 Å². The molecule has 0 aromatic heterocycles. The summed E-state index contributed by atoms with van der Waals surface area (Å²) in [5, 5.41) is 2.94. The zero-order valence-corrected chi connectivity index (χ0v) is 14.6. The molecular weight excluding hydrogens is 312 g/mol. The maximum absolute atomic E-state index is 12.6. The predicted molar refractivity (Wildman–Crippen MR) is 98.5 cm³/mol. The number of nitrogens with one attached hydrogen (secondary N) is 1. The van der Waals surface area contributed by atoms with Crippen molar-refractivity contribution < 1.29 is 9.59 Å². The van der Waals surface area contributed by atoms with Crippen LogP contribution >= 0.6 is 0 Å². The molecule has 0 atom stereocenters.